The largest absolute Gasteiger partial charge is 0.494 e. The van der Waals surface area contributed by atoms with Crippen LogP contribution in [0.5, 0.6) is 5.75 Å². The molecule has 0 atom stereocenters. The second kappa shape index (κ2) is 24.5. The molecule has 53 heavy (non-hydrogen) atoms. The van der Waals surface area contributed by atoms with Crippen molar-refractivity contribution in [2.75, 3.05) is 44.2 Å². The number of ether oxygens (including phenoxy) is 1. The minimum Gasteiger partial charge on any atom is -0.494 e. The third-order valence-corrected chi connectivity index (χ3v) is 10.1. The zero-order valence-electron chi connectivity index (χ0n) is 31.4. The second-order valence-electron chi connectivity index (χ2n) is 13.4. The Balaban J connectivity index is 1.12. The van der Waals surface area contributed by atoms with Gasteiger partial charge in [0, 0.05) is 44.7 Å². The summed E-state index contributed by atoms with van der Waals surface area (Å²) in [5.41, 5.74) is 1.27. The fraction of sp³-hybridized carbons (Fsp3) is 0.422. The number of benzene rings is 2. The molecule has 0 amide bonds. The van der Waals surface area contributed by atoms with Crippen LogP contribution in [-0.4, -0.2) is 54.7 Å². The van der Waals surface area contributed by atoms with Crippen LogP contribution in [0.4, 0.5) is 5.69 Å². The van der Waals surface area contributed by atoms with E-state index in [1.165, 1.54) is 36.3 Å². The number of unbranched alkanes of at least 4 members (excludes halogenated alkanes) is 4. The number of fused-ring (bicyclic) bond motifs is 1. The van der Waals surface area contributed by atoms with Crippen LogP contribution < -0.4 is 15.2 Å². The zero-order valence-corrected chi connectivity index (χ0v) is 33.0. The van der Waals surface area contributed by atoms with E-state index in [-0.39, 0.29) is 17.9 Å². The first-order valence-electron chi connectivity index (χ1n) is 19.5. The number of aromatic nitrogens is 1. The summed E-state index contributed by atoms with van der Waals surface area (Å²) in [6, 6.07) is 14.6. The quantitative estimate of drug-likeness (QED) is 0.0754. The summed E-state index contributed by atoms with van der Waals surface area (Å²) in [4.78, 5) is 30.8. The average molecular weight is 759 g/mol. The van der Waals surface area contributed by atoms with Gasteiger partial charge in [-0.3, -0.25) is 14.5 Å². The van der Waals surface area contributed by atoms with Crippen LogP contribution in [0, 0.1) is 0 Å². The Morgan fingerprint density at radius 2 is 1.38 bits per heavy atom. The summed E-state index contributed by atoms with van der Waals surface area (Å²) in [5, 5.41) is 2.04. The minimum atomic E-state index is -0.317. The Labute approximate surface area is 327 Å². The number of carbonyl (C=O) groups excluding carboxylic acids is 1. The number of pyridine rings is 1. The fourth-order valence-electron chi connectivity index (χ4n) is 6.29. The van der Waals surface area contributed by atoms with Crippen molar-refractivity contribution in [3.8, 4) is 5.75 Å². The molecule has 4 rings (SSSR count). The maximum absolute atomic E-state index is 13.2. The van der Waals surface area contributed by atoms with Gasteiger partial charge in [0.15, 0.2) is 0 Å². The van der Waals surface area contributed by atoms with Gasteiger partial charge in [-0.15, -0.1) is 0 Å². The van der Waals surface area contributed by atoms with Crippen LogP contribution in [0.25, 0.3) is 10.9 Å². The van der Waals surface area contributed by atoms with Crippen LogP contribution in [0.2, 0.25) is 10.0 Å². The molecule has 284 valence electrons. The molecule has 0 radical (unpaired) electrons. The van der Waals surface area contributed by atoms with Crippen molar-refractivity contribution in [1.29, 1.82) is 0 Å². The van der Waals surface area contributed by atoms with E-state index in [0.717, 1.165) is 82.3 Å². The number of carbonyl (C=O) groups is 1. The number of piperazine rings is 1. The van der Waals surface area contributed by atoms with Crippen molar-refractivity contribution in [3.05, 3.63) is 130 Å². The van der Waals surface area contributed by atoms with Crippen molar-refractivity contribution in [1.82, 2.24) is 9.47 Å². The van der Waals surface area contributed by atoms with Gasteiger partial charge in [0.25, 0.3) is 5.56 Å². The van der Waals surface area contributed by atoms with Gasteiger partial charge >= 0.3 is 0 Å². The molecule has 8 heteroatoms. The number of halogens is 2. The Morgan fingerprint density at radius 1 is 0.736 bits per heavy atom. The first-order valence-corrected chi connectivity index (χ1v) is 20.2. The Kier molecular flexibility index (Phi) is 19.3. The minimum absolute atomic E-state index is 0.210. The molecule has 1 aromatic heterocycles. The highest BCUT2D eigenvalue weighted by Gasteiger charge is 2.19. The molecule has 1 fully saturated rings. The van der Waals surface area contributed by atoms with Crippen LogP contribution >= 0.6 is 23.2 Å². The van der Waals surface area contributed by atoms with E-state index < -0.39 is 0 Å². The predicted octanol–water partition coefficient (Wildman–Crippen LogP) is 11.6. The summed E-state index contributed by atoms with van der Waals surface area (Å²) < 4.78 is 7.36. The van der Waals surface area contributed by atoms with E-state index in [2.05, 4.69) is 71.4 Å². The molecule has 0 spiro atoms. The smallest absolute Gasteiger partial charge is 0.257 e. The molecule has 1 aliphatic rings. The van der Waals surface area contributed by atoms with E-state index in [1.54, 1.807) is 6.07 Å². The highest BCUT2D eigenvalue weighted by Crippen LogP contribution is 2.33. The van der Waals surface area contributed by atoms with Crippen molar-refractivity contribution in [2.45, 2.75) is 84.0 Å². The van der Waals surface area contributed by atoms with E-state index in [4.69, 9.17) is 27.9 Å². The topological polar surface area (TPSA) is 54.8 Å². The fourth-order valence-corrected chi connectivity index (χ4v) is 6.70. The Hall–Kier alpha value is -3.84. The summed E-state index contributed by atoms with van der Waals surface area (Å²) in [6.45, 7) is 7.58. The molecule has 1 saturated heterocycles. The predicted molar refractivity (Wildman–Crippen MR) is 226 cm³/mol. The van der Waals surface area contributed by atoms with Crippen LogP contribution in [0.3, 0.4) is 0 Å². The van der Waals surface area contributed by atoms with E-state index >= 15 is 0 Å². The van der Waals surface area contributed by atoms with Crippen LogP contribution in [-0.2, 0) is 0 Å². The number of allylic oxidation sites excluding steroid dienone is 10. The molecule has 3 aromatic rings. The average Bonchev–Trinajstić information content (AvgIpc) is 3.16. The SMILES string of the molecule is CCCCCC=CCC=CCC=CCC=CCC=CCCC(=O)n1c(=O)ccc2ccc(OCCCCN3CCN(c4cccc(Cl)c4Cl)CC3)cc21. The highest BCUT2D eigenvalue weighted by molar-refractivity contribution is 6.43. The van der Waals surface area contributed by atoms with Crippen molar-refractivity contribution in [3.63, 3.8) is 0 Å². The van der Waals surface area contributed by atoms with E-state index in [0.29, 0.717) is 34.3 Å². The summed E-state index contributed by atoms with van der Waals surface area (Å²) >= 11 is 12.6. The molecular formula is C45H57Cl2N3O3. The first kappa shape index (κ1) is 41.9. The van der Waals surface area contributed by atoms with Gasteiger partial charge in [-0.05, 0) is 100 Å². The lowest BCUT2D eigenvalue weighted by molar-refractivity contribution is 0.0905. The first-order chi connectivity index (χ1) is 26.0. The van der Waals surface area contributed by atoms with Crippen LogP contribution in [0.1, 0.15) is 88.8 Å². The monoisotopic (exact) mass is 757 g/mol. The lowest BCUT2D eigenvalue weighted by Gasteiger charge is -2.36. The molecule has 0 saturated carbocycles. The lowest BCUT2D eigenvalue weighted by atomic mass is 10.2. The molecule has 2 heterocycles. The maximum atomic E-state index is 13.2. The van der Waals surface area contributed by atoms with Crippen molar-refractivity contribution >= 4 is 45.7 Å². The van der Waals surface area contributed by atoms with E-state index in [1.807, 2.05) is 42.5 Å². The highest BCUT2D eigenvalue weighted by atomic mass is 35.5. The van der Waals surface area contributed by atoms with E-state index in [9.17, 15) is 9.59 Å². The summed E-state index contributed by atoms with van der Waals surface area (Å²) in [5.74, 6) is 0.452. The Bertz CT molecular complexity index is 1770. The number of nitrogens with zero attached hydrogens (tertiary/aromatic N) is 3. The molecular weight excluding hydrogens is 701 g/mol. The molecule has 0 bridgehead atoms. The maximum Gasteiger partial charge on any atom is 0.257 e. The number of hydrogen-bond acceptors (Lipinski definition) is 5. The van der Waals surface area contributed by atoms with Gasteiger partial charge in [-0.1, -0.05) is 110 Å². The normalized spacial score (nSPS) is 14.4. The molecule has 1 aliphatic heterocycles. The van der Waals surface area contributed by atoms with Crippen molar-refractivity contribution in [2.24, 2.45) is 0 Å². The van der Waals surface area contributed by atoms with Crippen LogP contribution in [0.15, 0.2) is 114 Å². The van der Waals surface area contributed by atoms with Gasteiger partial charge in [0.1, 0.15) is 5.75 Å². The molecule has 0 N–H and O–H groups in total. The van der Waals surface area contributed by atoms with Gasteiger partial charge in [0.05, 0.1) is 27.9 Å². The standard InChI is InChI=1S/C45H57Cl2N3O3/c1-2-3-4-5-6-7-8-9-10-11-12-13-14-15-16-17-18-19-20-26-43(51)50-42-37-39(29-27-38(42)28-30-44(50)52)53-36-22-21-31-48-32-34-49(35-33-48)41-25-23-24-40(46)45(41)47/h6-7,9-10,12-13,15-16,18-19,23-25,27-30,37H,2-5,8,11,14,17,20-22,26,31-36H2,1H3. The number of anilines is 1. The van der Waals surface area contributed by atoms with Gasteiger partial charge in [-0.2, -0.15) is 0 Å². The molecule has 6 nitrogen and oxygen atoms in total. The zero-order chi connectivity index (χ0) is 37.5. The molecule has 0 unspecified atom stereocenters. The van der Waals surface area contributed by atoms with Crippen molar-refractivity contribution < 1.29 is 9.53 Å². The number of rotatable bonds is 22. The Morgan fingerprint density at radius 3 is 2.06 bits per heavy atom. The van der Waals surface area contributed by atoms with Gasteiger partial charge in [-0.25, -0.2) is 4.57 Å². The second-order valence-corrected chi connectivity index (χ2v) is 14.2. The third kappa shape index (κ3) is 14.8. The molecule has 0 aliphatic carbocycles. The van der Waals surface area contributed by atoms with Gasteiger partial charge in [0.2, 0.25) is 5.91 Å². The number of hydrogen-bond donors (Lipinski definition) is 0. The third-order valence-electron chi connectivity index (χ3n) is 9.32. The summed E-state index contributed by atoms with van der Waals surface area (Å²) in [6.07, 6.45) is 33.3. The summed E-state index contributed by atoms with van der Waals surface area (Å²) in [7, 11) is 0. The molecule has 2 aromatic carbocycles. The van der Waals surface area contributed by atoms with Gasteiger partial charge < -0.3 is 9.64 Å². The lowest BCUT2D eigenvalue weighted by Crippen LogP contribution is -2.46.